The van der Waals surface area contributed by atoms with E-state index in [-0.39, 0.29) is 0 Å². The van der Waals surface area contributed by atoms with Crippen molar-refractivity contribution in [2.24, 2.45) is 0 Å². The number of hydrogen-bond acceptors (Lipinski definition) is 4. The van der Waals surface area contributed by atoms with Crippen LogP contribution in [0.1, 0.15) is 0 Å². The van der Waals surface area contributed by atoms with Gasteiger partial charge in [-0.15, -0.1) is 25.3 Å². The summed E-state index contributed by atoms with van der Waals surface area (Å²) in [5.41, 5.74) is 1.50. The SMILES string of the molecule is Sc1nc2ccc(Cl)cc2nc1S. The van der Waals surface area contributed by atoms with E-state index in [9.17, 15) is 0 Å². The zero-order chi connectivity index (χ0) is 9.42. The van der Waals surface area contributed by atoms with Crippen molar-refractivity contribution in [2.75, 3.05) is 0 Å². The molecule has 0 radical (unpaired) electrons. The van der Waals surface area contributed by atoms with Gasteiger partial charge in [0.2, 0.25) is 0 Å². The summed E-state index contributed by atoms with van der Waals surface area (Å²) in [5, 5.41) is 1.68. The first-order valence-corrected chi connectivity index (χ1v) is 4.79. The molecule has 1 aromatic heterocycles. The van der Waals surface area contributed by atoms with Crippen LogP contribution in [-0.4, -0.2) is 9.97 Å². The smallest absolute Gasteiger partial charge is 0.126 e. The molecule has 0 spiro atoms. The molecule has 0 atom stereocenters. The fraction of sp³-hybridized carbons (Fsp3) is 0. The molecule has 0 bridgehead atoms. The van der Waals surface area contributed by atoms with Gasteiger partial charge in [-0.3, -0.25) is 0 Å². The van der Waals surface area contributed by atoms with E-state index in [0.717, 1.165) is 11.0 Å². The molecule has 1 heterocycles. The number of fused-ring (bicyclic) bond motifs is 1. The standard InChI is InChI=1S/C8H5ClN2S2/c9-4-1-2-5-6(3-4)11-8(13)7(12)10-5/h1-3H,(H,10,12)(H,11,13). The summed E-state index contributed by atoms with van der Waals surface area (Å²) in [5.74, 6) is 0. The first-order chi connectivity index (χ1) is 6.16. The first-order valence-electron chi connectivity index (χ1n) is 3.52. The van der Waals surface area contributed by atoms with Crippen molar-refractivity contribution in [1.82, 2.24) is 9.97 Å². The predicted octanol–water partition coefficient (Wildman–Crippen LogP) is 2.86. The maximum Gasteiger partial charge on any atom is 0.126 e. The summed E-state index contributed by atoms with van der Waals surface area (Å²) >= 11 is 14.0. The fourth-order valence-corrected chi connectivity index (χ4v) is 1.49. The van der Waals surface area contributed by atoms with Crippen LogP contribution in [0.3, 0.4) is 0 Å². The highest BCUT2D eigenvalue weighted by Crippen LogP contribution is 2.20. The molecule has 1 aromatic carbocycles. The topological polar surface area (TPSA) is 25.8 Å². The van der Waals surface area contributed by atoms with Crippen LogP contribution in [0.15, 0.2) is 28.3 Å². The second-order valence-corrected chi connectivity index (χ2v) is 3.79. The average Bonchev–Trinajstić information content (AvgIpc) is 2.08. The van der Waals surface area contributed by atoms with Gasteiger partial charge in [0.05, 0.1) is 11.0 Å². The predicted molar refractivity (Wildman–Crippen MR) is 59.1 cm³/mol. The highest BCUT2D eigenvalue weighted by Gasteiger charge is 2.02. The average molecular weight is 229 g/mol. The van der Waals surface area contributed by atoms with Crippen molar-refractivity contribution >= 4 is 47.9 Å². The summed E-state index contributed by atoms with van der Waals surface area (Å²) in [6.07, 6.45) is 0. The number of nitrogens with zero attached hydrogens (tertiary/aromatic N) is 2. The van der Waals surface area contributed by atoms with Gasteiger partial charge in [0.25, 0.3) is 0 Å². The third kappa shape index (κ3) is 1.75. The molecule has 0 amide bonds. The Morgan fingerprint density at radius 3 is 2.31 bits per heavy atom. The van der Waals surface area contributed by atoms with Crippen LogP contribution in [0.5, 0.6) is 0 Å². The van der Waals surface area contributed by atoms with Crippen molar-refractivity contribution in [1.29, 1.82) is 0 Å². The van der Waals surface area contributed by atoms with Gasteiger partial charge in [-0.2, -0.15) is 0 Å². The van der Waals surface area contributed by atoms with Crippen molar-refractivity contribution < 1.29 is 0 Å². The molecule has 2 rings (SSSR count). The molecule has 0 unspecified atom stereocenters. The van der Waals surface area contributed by atoms with Crippen molar-refractivity contribution in [3.63, 3.8) is 0 Å². The Morgan fingerprint density at radius 2 is 1.62 bits per heavy atom. The first kappa shape index (κ1) is 9.12. The summed E-state index contributed by atoms with van der Waals surface area (Å²) in [7, 11) is 0. The zero-order valence-electron chi connectivity index (χ0n) is 6.40. The summed E-state index contributed by atoms with van der Waals surface area (Å²) in [6, 6.07) is 5.32. The molecular formula is C8H5ClN2S2. The summed E-state index contributed by atoms with van der Waals surface area (Å²) in [6.45, 7) is 0. The van der Waals surface area contributed by atoms with Crippen LogP contribution in [-0.2, 0) is 0 Å². The maximum absolute atomic E-state index is 5.80. The highest BCUT2D eigenvalue weighted by molar-refractivity contribution is 7.83. The van der Waals surface area contributed by atoms with E-state index in [2.05, 4.69) is 35.2 Å². The molecule has 0 fully saturated rings. The monoisotopic (exact) mass is 228 g/mol. The molecule has 2 aromatic rings. The van der Waals surface area contributed by atoms with Crippen LogP contribution in [0.4, 0.5) is 0 Å². The van der Waals surface area contributed by atoms with Crippen LogP contribution >= 0.6 is 36.9 Å². The van der Waals surface area contributed by atoms with Crippen LogP contribution in [0.2, 0.25) is 5.02 Å². The minimum absolute atomic E-state index is 0.512. The molecule has 5 heteroatoms. The Hall–Kier alpha value is -0.450. The molecular weight excluding hydrogens is 224 g/mol. The number of hydrogen-bond donors (Lipinski definition) is 2. The molecule has 66 valence electrons. The number of rotatable bonds is 0. The number of aromatic nitrogens is 2. The third-order valence-corrected chi connectivity index (χ3v) is 2.63. The van der Waals surface area contributed by atoms with Gasteiger partial charge in [-0.05, 0) is 18.2 Å². The molecule has 13 heavy (non-hydrogen) atoms. The van der Waals surface area contributed by atoms with E-state index in [1.165, 1.54) is 0 Å². The Balaban J connectivity index is 2.81. The molecule has 0 N–H and O–H groups in total. The van der Waals surface area contributed by atoms with Gasteiger partial charge in [0, 0.05) is 5.02 Å². The van der Waals surface area contributed by atoms with Crippen LogP contribution in [0.25, 0.3) is 11.0 Å². The minimum Gasteiger partial charge on any atom is -0.237 e. The van der Waals surface area contributed by atoms with Crippen molar-refractivity contribution in [3.8, 4) is 0 Å². The molecule has 0 aliphatic heterocycles. The molecule has 0 saturated heterocycles. The maximum atomic E-state index is 5.80. The van der Waals surface area contributed by atoms with Gasteiger partial charge in [-0.25, -0.2) is 9.97 Å². The van der Waals surface area contributed by atoms with E-state index < -0.39 is 0 Å². The lowest BCUT2D eigenvalue weighted by Crippen LogP contribution is -1.87. The lowest BCUT2D eigenvalue weighted by Gasteiger charge is -2.00. The Bertz CT molecular complexity index is 473. The van der Waals surface area contributed by atoms with E-state index in [1.54, 1.807) is 18.2 Å². The number of halogens is 1. The number of benzene rings is 1. The van der Waals surface area contributed by atoms with E-state index >= 15 is 0 Å². The van der Waals surface area contributed by atoms with Gasteiger partial charge >= 0.3 is 0 Å². The van der Waals surface area contributed by atoms with Gasteiger partial charge in [0.1, 0.15) is 10.1 Å². The third-order valence-electron chi connectivity index (χ3n) is 1.59. The summed E-state index contributed by atoms with van der Waals surface area (Å²) in [4.78, 5) is 8.36. The quantitative estimate of drug-likeness (QED) is 0.679. The lowest BCUT2D eigenvalue weighted by molar-refractivity contribution is 0.981. The molecule has 0 aliphatic carbocycles. The van der Waals surface area contributed by atoms with Gasteiger partial charge in [-0.1, -0.05) is 11.6 Å². The second-order valence-electron chi connectivity index (χ2n) is 2.50. The highest BCUT2D eigenvalue weighted by atomic mass is 35.5. The van der Waals surface area contributed by atoms with Gasteiger partial charge < -0.3 is 0 Å². The Kier molecular flexibility index (Phi) is 2.36. The molecule has 0 saturated carbocycles. The normalized spacial score (nSPS) is 10.7. The van der Waals surface area contributed by atoms with E-state index in [1.807, 2.05) is 0 Å². The van der Waals surface area contributed by atoms with E-state index in [0.29, 0.717) is 15.1 Å². The summed E-state index contributed by atoms with van der Waals surface area (Å²) < 4.78 is 0. The largest absolute Gasteiger partial charge is 0.237 e. The van der Waals surface area contributed by atoms with Crippen LogP contribution in [0, 0.1) is 0 Å². The lowest BCUT2D eigenvalue weighted by atomic mass is 10.3. The second kappa shape index (κ2) is 3.36. The van der Waals surface area contributed by atoms with E-state index in [4.69, 9.17) is 11.6 Å². The molecule has 2 nitrogen and oxygen atoms in total. The Morgan fingerprint density at radius 1 is 1.00 bits per heavy atom. The fourth-order valence-electron chi connectivity index (χ4n) is 1.01. The zero-order valence-corrected chi connectivity index (χ0v) is 8.94. The number of thiol groups is 2. The minimum atomic E-state index is 0.512. The Labute approximate surface area is 91.2 Å². The van der Waals surface area contributed by atoms with Gasteiger partial charge in [0.15, 0.2) is 0 Å². The van der Waals surface area contributed by atoms with Crippen molar-refractivity contribution in [3.05, 3.63) is 23.2 Å². The van der Waals surface area contributed by atoms with Crippen LogP contribution < -0.4 is 0 Å². The molecule has 0 aliphatic rings. The van der Waals surface area contributed by atoms with Crippen molar-refractivity contribution in [2.45, 2.75) is 10.1 Å².